The van der Waals surface area contributed by atoms with Gasteiger partial charge in [0, 0.05) is 24.0 Å². The lowest BCUT2D eigenvalue weighted by molar-refractivity contribution is -0.364. The van der Waals surface area contributed by atoms with Crippen molar-refractivity contribution in [2.45, 2.75) is 0 Å². The maximum Gasteiger partial charge on any atom is 0.274 e. The van der Waals surface area contributed by atoms with E-state index in [1.807, 2.05) is 89.4 Å². The summed E-state index contributed by atoms with van der Waals surface area (Å²) in [5.74, 6) is 2.71. The Hall–Kier alpha value is -3.80. The lowest BCUT2D eigenvalue weighted by Gasteiger charge is -2.31. The highest BCUT2D eigenvalue weighted by molar-refractivity contribution is 5.99. The van der Waals surface area contributed by atoms with Crippen molar-refractivity contribution in [2.75, 3.05) is 31.1 Å². The molecule has 1 N–H and O–H groups in total. The van der Waals surface area contributed by atoms with Gasteiger partial charge < -0.3 is 14.2 Å². The number of aromatic nitrogens is 2. The van der Waals surface area contributed by atoms with E-state index in [0.717, 1.165) is 41.3 Å². The smallest absolute Gasteiger partial charge is 0.274 e. The van der Waals surface area contributed by atoms with Crippen LogP contribution in [0.3, 0.4) is 0 Å². The van der Waals surface area contributed by atoms with Crippen molar-refractivity contribution >= 4 is 22.6 Å². The molecule has 1 aliphatic rings. The molecular weight excluding hydrogens is 388 g/mol. The molecule has 0 bridgehead atoms. The molecule has 2 aromatic heterocycles. The van der Waals surface area contributed by atoms with Gasteiger partial charge in [0.1, 0.15) is 30.3 Å². The molecule has 0 saturated carbocycles. The number of nitrogens with one attached hydrogen (secondary N) is 1. The number of carbonyl (C=O) groups excluding carboxylic acids is 1. The number of amides is 1. The first-order valence-electron chi connectivity index (χ1n) is 10.5. The van der Waals surface area contributed by atoms with E-state index in [9.17, 15) is 4.79 Å². The number of rotatable bonds is 4. The fraction of sp³-hybridized carbons (Fsp3) is 0.200. The Labute approximate surface area is 181 Å². The second-order valence-electron chi connectivity index (χ2n) is 7.75. The zero-order valence-electron chi connectivity index (χ0n) is 17.5. The third-order valence-corrected chi connectivity index (χ3v) is 5.81. The average molecular weight is 414 g/mol. The molecule has 4 aromatic rings. The van der Waals surface area contributed by atoms with Crippen molar-refractivity contribution in [1.29, 1.82) is 0 Å². The van der Waals surface area contributed by atoms with Crippen LogP contribution in [0.1, 0.15) is 10.5 Å². The Morgan fingerprint density at radius 1 is 0.871 bits per heavy atom. The number of aromatic amines is 1. The van der Waals surface area contributed by atoms with Crippen LogP contribution in [0, 0.1) is 0 Å². The van der Waals surface area contributed by atoms with Gasteiger partial charge in [0.05, 0.1) is 19.3 Å². The van der Waals surface area contributed by atoms with Crippen molar-refractivity contribution < 1.29 is 14.5 Å². The number of hydrogen-bond acceptors (Lipinski definition) is 3. The summed E-state index contributed by atoms with van der Waals surface area (Å²) in [5, 5.41) is 0.997. The number of anilines is 1. The van der Waals surface area contributed by atoms with Gasteiger partial charge in [0.25, 0.3) is 11.7 Å². The van der Waals surface area contributed by atoms with Gasteiger partial charge in [-0.15, -0.1) is 0 Å². The van der Waals surface area contributed by atoms with Gasteiger partial charge in [0.2, 0.25) is 0 Å². The number of pyridine rings is 1. The monoisotopic (exact) mass is 413 g/mol. The van der Waals surface area contributed by atoms with Crippen molar-refractivity contribution in [1.82, 2.24) is 9.47 Å². The predicted octanol–water partition coefficient (Wildman–Crippen LogP) is 3.75. The van der Waals surface area contributed by atoms with Crippen LogP contribution in [0.5, 0.6) is 11.5 Å². The second-order valence-corrected chi connectivity index (χ2v) is 7.75. The molecule has 6 nitrogen and oxygen atoms in total. The zero-order valence-corrected chi connectivity index (χ0v) is 17.5. The lowest BCUT2D eigenvalue weighted by Crippen LogP contribution is -2.50. The number of piperazine rings is 1. The normalized spacial score (nSPS) is 14.1. The van der Waals surface area contributed by atoms with Crippen molar-refractivity contribution in [3.8, 4) is 11.5 Å². The lowest BCUT2D eigenvalue weighted by atomic mass is 10.2. The summed E-state index contributed by atoms with van der Waals surface area (Å²) in [6, 6.07) is 23.7. The highest BCUT2D eigenvalue weighted by atomic mass is 16.5. The first-order valence-corrected chi connectivity index (χ1v) is 10.5. The molecule has 1 fully saturated rings. The van der Waals surface area contributed by atoms with E-state index >= 15 is 0 Å². The third kappa shape index (κ3) is 3.84. The minimum Gasteiger partial charge on any atom is -0.457 e. The highest BCUT2D eigenvalue weighted by Crippen LogP contribution is 2.28. The topological polar surface area (TPSA) is 51.9 Å². The minimum atomic E-state index is 0.0703. The SMILES string of the molecule is Cn1c(C(=O)N2CCN(c3cccc[nH+]3)CC2)cc2cc(Oc3ccccc3)ccc21. The number of nitrogens with zero attached hydrogens (tertiary/aromatic N) is 3. The number of carbonyl (C=O) groups is 1. The van der Waals surface area contributed by atoms with Gasteiger partial charge in [-0.2, -0.15) is 0 Å². The van der Waals surface area contributed by atoms with E-state index in [0.29, 0.717) is 18.8 Å². The summed E-state index contributed by atoms with van der Waals surface area (Å²) < 4.78 is 7.93. The summed E-state index contributed by atoms with van der Waals surface area (Å²) in [7, 11) is 1.95. The van der Waals surface area contributed by atoms with E-state index in [1.54, 1.807) is 0 Å². The van der Waals surface area contributed by atoms with E-state index in [-0.39, 0.29) is 5.91 Å². The summed E-state index contributed by atoms with van der Waals surface area (Å²) in [6.07, 6.45) is 1.93. The van der Waals surface area contributed by atoms with Gasteiger partial charge in [-0.05, 0) is 42.5 Å². The van der Waals surface area contributed by atoms with E-state index < -0.39 is 0 Å². The molecular formula is C25H25N4O2+. The summed E-state index contributed by atoms with van der Waals surface area (Å²) in [4.78, 5) is 20.7. The Morgan fingerprint density at radius 3 is 2.39 bits per heavy atom. The molecule has 1 aliphatic heterocycles. The average Bonchev–Trinajstić information content (AvgIpc) is 3.15. The third-order valence-electron chi connectivity index (χ3n) is 5.81. The number of aryl methyl sites for hydroxylation is 1. The van der Waals surface area contributed by atoms with Crippen LogP contribution in [0.2, 0.25) is 0 Å². The first-order chi connectivity index (χ1) is 15.2. The predicted molar refractivity (Wildman–Crippen MR) is 121 cm³/mol. The fourth-order valence-corrected chi connectivity index (χ4v) is 4.11. The zero-order chi connectivity index (χ0) is 21.2. The molecule has 0 aliphatic carbocycles. The van der Waals surface area contributed by atoms with Crippen LogP contribution in [0.4, 0.5) is 5.82 Å². The number of para-hydroxylation sites is 1. The van der Waals surface area contributed by atoms with E-state index in [4.69, 9.17) is 4.74 Å². The summed E-state index contributed by atoms with van der Waals surface area (Å²) in [6.45, 7) is 3.02. The fourth-order valence-electron chi connectivity index (χ4n) is 4.11. The second kappa shape index (κ2) is 8.14. The van der Waals surface area contributed by atoms with Crippen LogP contribution in [0.25, 0.3) is 10.9 Å². The number of fused-ring (bicyclic) bond motifs is 1. The largest absolute Gasteiger partial charge is 0.457 e. The van der Waals surface area contributed by atoms with Crippen LogP contribution in [-0.4, -0.2) is 41.6 Å². The number of benzene rings is 2. The summed E-state index contributed by atoms with van der Waals surface area (Å²) >= 11 is 0. The van der Waals surface area contributed by atoms with Gasteiger partial charge in [-0.25, -0.2) is 4.98 Å². The molecule has 3 heterocycles. The van der Waals surface area contributed by atoms with Gasteiger partial charge in [0.15, 0.2) is 0 Å². The summed E-state index contributed by atoms with van der Waals surface area (Å²) in [5.41, 5.74) is 1.72. The Bertz CT molecular complexity index is 1200. The maximum absolute atomic E-state index is 13.3. The van der Waals surface area contributed by atoms with Crippen LogP contribution in [0.15, 0.2) is 79.0 Å². The first kappa shape index (κ1) is 19.2. The molecule has 0 spiro atoms. The Morgan fingerprint density at radius 2 is 1.65 bits per heavy atom. The molecule has 6 heteroatoms. The van der Waals surface area contributed by atoms with Gasteiger partial charge in [-0.3, -0.25) is 9.69 Å². The quantitative estimate of drug-likeness (QED) is 0.512. The van der Waals surface area contributed by atoms with Crippen LogP contribution < -0.4 is 14.6 Å². The molecule has 31 heavy (non-hydrogen) atoms. The van der Waals surface area contributed by atoms with E-state index in [2.05, 4.69) is 16.0 Å². The minimum absolute atomic E-state index is 0.0703. The van der Waals surface area contributed by atoms with Crippen molar-refractivity contribution in [3.05, 3.63) is 84.7 Å². The Balaban J connectivity index is 1.32. The van der Waals surface area contributed by atoms with Gasteiger partial charge >= 0.3 is 0 Å². The van der Waals surface area contributed by atoms with Gasteiger partial charge in [-0.1, -0.05) is 24.3 Å². The molecule has 156 valence electrons. The maximum atomic E-state index is 13.3. The van der Waals surface area contributed by atoms with Crippen molar-refractivity contribution in [2.24, 2.45) is 7.05 Å². The van der Waals surface area contributed by atoms with Crippen molar-refractivity contribution in [3.63, 3.8) is 0 Å². The number of hydrogen-bond donors (Lipinski definition) is 0. The van der Waals surface area contributed by atoms with E-state index in [1.165, 1.54) is 0 Å². The molecule has 5 rings (SSSR count). The molecule has 1 amide bonds. The molecule has 0 radical (unpaired) electrons. The number of H-pyrrole nitrogens is 1. The number of ether oxygens (including phenoxy) is 1. The highest BCUT2D eigenvalue weighted by Gasteiger charge is 2.28. The Kier molecular flexibility index (Phi) is 5.04. The standard InChI is InChI=1S/C25H24N4O2/c1-27-22-11-10-21(31-20-7-3-2-4-8-20)17-19(22)18-23(27)25(30)29-15-13-28(14-16-29)24-9-5-6-12-26-24/h2-12,17-18H,13-16H2,1H3/p+1. The van der Waals surface area contributed by atoms with Crippen LogP contribution in [-0.2, 0) is 7.05 Å². The molecule has 0 unspecified atom stereocenters. The molecule has 1 saturated heterocycles. The molecule has 0 atom stereocenters. The van der Waals surface area contributed by atoms with Crippen LogP contribution >= 0.6 is 0 Å². The molecule has 2 aromatic carbocycles.